The maximum Gasteiger partial charge on any atom is 0.238 e. The van der Waals surface area contributed by atoms with E-state index in [4.69, 9.17) is 4.74 Å². The summed E-state index contributed by atoms with van der Waals surface area (Å²) in [4.78, 5) is 12.4. The molecule has 1 atom stereocenters. The highest BCUT2D eigenvalue weighted by Crippen LogP contribution is 2.23. The van der Waals surface area contributed by atoms with E-state index in [0.29, 0.717) is 25.9 Å². The summed E-state index contributed by atoms with van der Waals surface area (Å²) in [6, 6.07) is 11.2. The molecule has 1 unspecified atom stereocenters. The monoisotopic (exact) mass is 362 g/mol. The maximum atomic E-state index is 12.4. The summed E-state index contributed by atoms with van der Waals surface area (Å²) in [6.07, 6.45) is 2.43. The molecule has 1 aliphatic heterocycles. The van der Waals surface area contributed by atoms with E-state index >= 15 is 0 Å². The van der Waals surface area contributed by atoms with Crippen molar-refractivity contribution in [2.45, 2.75) is 25.4 Å². The van der Waals surface area contributed by atoms with Crippen molar-refractivity contribution in [3.8, 4) is 5.75 Å². The van der Waals surface area contributed by atoms with E-state index in [1.165, 1.54) is 4.31 Å². The molecule has 0 radical (unpaired) electrons. The van der Waals surface area contributed by atoms with Crippen LogP contribution in [-0.4, -0.2) is 44.6 Å². The van der Waals surface area contributed by atoms with Crippen LogP contribution < -0.4 is 10.1 Å². The van der Waals surface area contributed by atoms with Gasteiger partial charge in [-0.2, -0.15) is 4.31 Å². The smallest absolute Gasteiger partial charge is 0.238 e. The number of benzene rings is 2. The number of carbonyl (C=O) groups is 1. The molecule has 3 rings (SSSR count). The van der Waals surface area contributed by atoms with Crippen molar-refractivity contribution in [1.29, 1.82) is 0 Å². The van der Waals surface area contributed by atoms with Gasteiger partial charge in [-0.05, 0) is 47.4 Å². The third kappa shape index (κ3) is 3.93. The van der Waals surface area contributed by atoms with Crippen LogP contribution in [0.2, 0.25) is 0 Å². The molecule has 1 amide bonds. The van der Waals surface area contributed by atoms with Crippen LogP contribution in [0.25, 0.3) is 10.8 Å². The molecule has 134 valence electrons. The van der Waals surface area contributed by atoms with E-state index in [9.17, 15) is 13.2 Å². The molecule has 2 aromatic rings. The number of ether oxygens (including phenoxy) is 1. The standard InChI is InChI=1S/C18H22N2O4S/c1-24-16-8-7-14-10-13(5-6-15(14)11-16)12-19-18(21)17-4-3-9-20(17)25(2,22)23/h5-8,10-11,17H,3-4,9,12H2,1-2H3,(H,19,21). The molecule has 1 saturated heterocycles. The van der Waals surface area contributed by atoms with Crippen LogP contribution in [0.15, 0.2) is 36.4 Å². The van der Waals surface area contributed by atoms with Crippen LogP contribution in [0.1, 0.15) is 18.4 Å². The lowest BCUT2D eigenvalue weighted by Crippen LogP contribution is -2.45. The molecule has 1 aliphatic rings. The number of rotatable bonds is 5. The van der Waals surface area contributed by atoms with Crippen LogP contribution >= 0.6 is 0 Å². The summed E-state index contributed by atoms with van der Waals surface area (Å²) in [5.41, 5.74) is 0.968. The summed E-state index contributed by atoms with van der Waals surface area (Å²) in [6.45, 7) is 0.781. The Morgan fingerprint density at radius 3 is 2.68 bits per heavy atom. The molecule has 0 aromatic heterocycles. The SMILES string of the molecule is COc1ccc2cc(CNC(=O)C3CCCN3S(C)(=O)=O)ccc2c1. The van der Waals surface area contributed by atoms with Crippen LogP contribution in [0.3, 0.4) is 0 Å². The first kappa shape index (κ1) is 17.7. The summed E-state index contributed by atoms with van der Waals surface area (Å²) in [5, 5.41) is 4.99. The van der Waals surface area contributed by atoms with Gasteiger partial charge in [0.25, 0.3) is 0 Å². The van der Waals surface area contributed by atoms with Crippen molar-refractivity contribution < 1.29 is 17.9 Å². The molecule has 6 nitrogen and oxygen atoms in total. The first-order valence-corrected chi connectivity index (χ1v) is 10.0. The number of carbonyl (C=O) groups excluding carboxylic acids is 1. The molecule has 0 bridgehead atoms. The van der Waals surface area contributed by atoms with Crippen molar-refractivity contribution in [2.75, 3.05) is 19.9 Å². The summed E-state index contributed by atoms with van der Waals surface area (Å²) < 4.78 is 30.0. The third-order valence-corrected chi connectivity index (χ3v) is 5.80. The Bertz CT molecular complexity index is 895. The topological polar surface area (TPSA) is 75.7 Å². The molecule has 1 fully saturated rings. The average molecular weight is 362 g/mol. The molecule has 25 heavy (non-hydrogen) atoms. The molecular formula is C18H22N2O4S. The number of methoxy groups -OCH3 is 1. The zero-order valence-electron chi connectivity index (χ0n) is 14.4. The first-order valence-electron chi connectivity index (χ1n) is 8.20. The lowest BCUT2D eigenvalue weighted by Gasteiger charge is -2.21. The lowest BCUT2D eigenvalue weighted by atomic mass is 10.1. The van der Waals surface area contributed by atoms with Gasteiger partial charge >= 0.3 is 0 Å². The number of nitrogens with one attached hydrogen (secondary N) is 1. The number of hydrogen-bond donors (Lipinski definition) is 1. The van der Waals surface area contributed by atoms with Crippen molar-refractivity contribution >= 4 is 26.7 Å². The van der Waals surface area contributed by atoms with Crippen LogP contribution in [0.4, 0.5) is 0 Å². The molecule has 1 N–H and O–H groups in total. The van der Waals surface area contributed by atoms with Gasteiger partial charge in [-0.1, -0.05) is 18.2 Å². The van der Waals surface area contributed by atoms with E-state index in [1.54, 1.807) is 7.11 Å². The largest absolute Gasteiger partial charge is 0.497 e. The normalized spacial score (nSPS) is 18.4. The van der Waals surface area contributed by atoms with E-state index in [0.717, 1.165) is 28.3 Å². The first-order chi connectivity index (χ1) is 11.9. The third-order valence-electron chi connectivity index (χ3n) is 4.51. The van der Waals surface area contributed by atoms with Gasteiger partial charge in [-0.3, -0.25) is 4.79 Å². The highest BCUT2D eigenvalue weighted by atomic mass is 32.2. The van der Waals surface area contributed by atoms with Crippen molar-refractivity contribution in [2.24, 2.45) is 0 Å². The van der Waals surface area contributed by atoms with Gasteiger partial charge in [0.2, 0.25) is 15.9 Å². The summed E-state index contributed by atoms with van der Waals surface area (Å²) in [5.74, 6) is 0.563. The molecular weight excluding hydrogens is 340 g/mol. The molecule has 0 aliphatic carbocycles. The molecule has 0 spiro atoms. The number of amides is 1. The maximum absolute atomic E-state index is 12.4. The Morgan fingerprint density at radius 1 is 1.24 bits per heavy atom. The minimum Gasteiger partial charge on any atom is -0.497 e. The minimum atomic E-state index is -3.35. The van der Waals surface area contributed by atoms with Gasteiger partial charge in [0.1, 0.15) is 11.8 Å². The van der Waals surface area contributed by atoms with Crippen LogP contribution in [-0.2, 0) is 21.4 Å². The number of hydrogen-bond acceptors (Lipinski definition) is 4. The number of fused-ring (bicyclic) bond motifs is 1. The highest BCUT2D eigenvalue weighted by Gasteiger charge is 2.36. The zero-order valence-corrected chi connectivity index (χ0v) is 15.2. The van der Waals surface area contributed by atoms with E-state index in [-0.39, 0.29) is 5.91 Å². The minimum absolute atomic E-state index is 0.238. The quantitative estimate of drug-likeness (QED) is 0.881. The van der Waals surface area contributed by atoms with Crippen molar-refractivity contribution in [1.82, 2.24) is 9.62 Å². The zero-order chi connectivity index (χ0) is 18.0. The van der Waals surface area contributed by atoms with Gasteiger partial charge in [-0.25, -0.2) is 8.42 Å². The second-order valence-electron chi connectivity index (χ2n) is 6.30. The predicted octanol–water partition coefficient (Wildman–Crippen LogP) is 1.89. The van der Waals surface area contributed by atoms with E-state index in [2.05, 4.69) is 5.32 Å². The second-order valence-corrected chi connectivity index (χ2v) is 8.23. The van der Waals surface area contributed by atoms with Crippen LogP contribution in [0, 0.1) is 0 Å². The van der Waals surface area contributed by atoms with Crippen molar-refractivity contribution in [3.05, 3.63) is 42.0 Å². The van der Waals surface area contributed by atoms with Gasteiger partial charge in [0.15, 0.2) is 0 Å². The van der Waals surface area contributed by atoms with Crippen LogP contribution in [0.5, 0.6) is 5.75 Å². The molecule has 0 saturated carbocycles. The Labute approximate surface area is 147 Å². The lowest BCUT2D eigenvalue weighted by molar-refractivity contribution is -0.124. The molecule has 1 heterocycles. The van der Waals surface area contributed by atoms with E-state index in [1.807, 2.05) is 36.4 Å². The van der Waals surface area contributed by atoms with E-state index < -0.39 is 16.1 Å². The average Bonchev–Trinajstić information content (AvgIpc) is 3.09. The Hall–Kier alpha value is -2.12. The fraction of sp³-hybridized carbons (Fsp3) is 0.389. The fourth-order valence-corrected chi connectivity index (χ4v) is 4.34. The number of sulfonamides is 1. The molecule has 2 aromatic carbocycles. The second kappa shape index (κ2) is 7.01. The van der Waals surface area contributed by atoms with Gasteiger partial charge in [0, 0.05) is 13.1 Å². The van der Waals surface area contributed by atoms with Gasteiger partial charge in [0.05, 0.1) is 13.4 Å². The van der Waals surface area contributed by atoms with Crippen molar-refractivity contribution in [3.63, 3.8) is 0 Å². The Kier molecular flexibility index (Phi) is 4.96. The highest BCUT2D eigenvalue weighted by molar-refractivity contribution is 7.88. The Morgan fingerprint density at radius 2 is 1.96 bits per heavy atom. The predicted molar refractivity (Wildman–Crippen MR) is 96.9 cm³/mol. The van der Waals surface area contributed by atoms with Gasteiger partial charge < -0.3 is 10.1 Å². The Balaban J connectivity index is 1.69. The number of nitrogens with zero attached hydrogens (tertiary/aromatic N) is 1. The molecule has 7 heteroatoms. The van der Waals surface area contributed by atoms with Gasteiger partial charge in [-0.15, -0.1) is 0 Å². The summed E-state index contributed by atoms with van der Waals surface area (Å²) >= 11 is 0. The summed E-state index contributed by atoms with van der Waals surface area (Å²) in [7, 11) is -1.72. The fourth-order valence-electron chi connectivity index (χ4n) is 3.22.